The second-order valence-corrected chi connectivity index (χ2v) is 5.47. The lowest BCUT2D eigenvalue weighted by Crippen LogP contribution is -1.97. The molecule has 0 bridgehead atoms. The van der Waals surface area contributed by atoms with Crippen LogP contribution in [-0.2, 0) is 0 Å². The lowest BCUT2D eigenvalue weighted by atomic mass is 10.0. The zero-order chi connectivity index (χ0) is 14.7. The zero-order valence-electron chi connectivity index (χ0n) is 11.0. The Morgan fingerprint density at radius 1 is 1.05 bits per heavy atom. The van der Waals surface area contributed by atoms with E-state index in [4.69, 9.17) is 21.1 Å². The topological polar surface area (TPSA) is 18.5 Å². The molecule has 106 valence electrons. The van der Waals surface area contributed by atoms with Gasteiger partial charge in [0.05, 0.1) is 19.0 Å². The molecule has 2 aromatic carbocycles. The Kier molecular flexibility index (Phi) is 4.89. The average Bonchev–Trinajstić information content (AvgIpc) is 2.45. The maximum atomic E-state index is 13.1. The van der Waals surface area contributed by atoms with E-state index >= 15 is 0 Å². The van der Waals surface area contributed by atoms with Crippen LogP contribution in [0.15, 0.2) is 36.4 Å². The molecule has 0 amide bonds. The fourth-order valence-electron chi connectivity index (χ4n) is 1.90. The highest BCUT2D eigenvalue weighted by Crippen LogP contribution is 2.39. The minimum absolute atomic E-state index is 0.157. The van der Waals surface area contributed by atoms with E-state index in [1.54, 1.807) is 20.3 Å². The van der Waals surface area contributed by atoms with Crippen molar-refractivity contribution in [3.05, 3.63) is 58.4 Å². The summed E-state index contributed by atoms with van der Waals surface area (Å²) in [5.41, 5.74) is 1.73. The van der Waals surface area contributed by atoms with Gasteiger partial charge in [0.2, 0.25) is 0 Å². The van der Waals surface area contributed by atoms with Gasteiger partial charge in [-0.25, -0.2) is 4.39 Å². The van der Waals surface area contributed by atoms with E-state index in [9.17, 15) is 4.39 Å². The lowest BCUT2D eigenvalue weighted by Gasteiger charge is -2.15. The number of hydrogen-bond donors (Lipinski definition) is 0. The standard InChI is InChI=1S/C15H13BrClFO2/c1-19-13-6-3-9(7-14(13)20-2)15(16)11-5-4-10(18)8-12(11)17/h3-8,15H,1-2H3. The predicted molar refractivity (Wildman–Crippen MR) is 81.7 cm³/mol. The van der Waals surface area contributed by atoms with Crippen molar-refractivity contribution in [2.45, 2.75) is 4.83 Å². The summed E-state index contributed by atoms with van der Waals surface area (Å²) in [4.78, 5) is -0.157. The monoisotopic (exact) mass is 358 g/mol. The van der Waals surface area contributed by atoms with Gasteiger partial charge in [0, 0.05) is 5.02 Å². The van der Waals surface area contributed by atoms with Crippen LogP contribution >= 0.6 is 27.5 Å². The number of methoxy groups -OCH3 is 2. The van der Waals surface area contributed by atoms with E-state index in [1.165, 1.54) is 12.1 Å². The third-order valence-electron chi connectivity index (χ3n) is 2.94. The van der Waals surface area contributed by atoms with Crippen molar-refractivity contribution in [2.75, 3.05) is 14.2 Å². The van der Waals surface area contributed by atoms with Crippen LogP contribution < -0.4 is 9.47 Å². The van der Waals surface area contributed by atoms with Crippen LogP contribution in [-0.4, -0.2) is 14.2 Å². The summed E-state index contributed by atoms with van der Waals surface area (Å²) >= 11 is 9.66. The van der Waals surface area contributed by atoms with Crippen molar-refractivity contribution in [1.82, 2.24) is 0 Å². The maximum Gasteiger partial charge on any atom is 0.161 e. The summed E-state index contributed by atoms with van der Waals surface area (Å²) in [7, 11) is 3.16. The molecule has 20 heavy (non-hydrogen) atoms. The summed E-state index contributed by atoms with van der Waals surface area (Å²) in [5.74, 6) is 0.930. The molecule has 0 heterocycles. The first-order valence-electron chi connectivity index (χ1n) is 5.87. The molecule has 2 aromatic rings. The van der Waals surface area contributed by atoms with Gasteiger partial charge in [0.25, 0.3) is 0 Å². The number of hydrogen-bond acceptors (Lipinski definition) is 2. The molecular formula is C15H13BrClFO2. The Morgan fingerprint density at radius 2 is 1.75 bits per heavy atom. The van der Waals surface area contributed by atoms with Gasteiger partial charge in [-0.3, -0.25) is 0 Å². The highest BCUT2D eigenvalue weighted by Gasteiger charge is 2.16. The van der Waals surface area contributed by atoms with Crippen molar-refractivity contribution in [2.24, 2.45) is 0 Å². The smallest absolute Gasteiger partial charge is 0.161 e. The molecule has 0 aliphatic carbocycles. The van der Waals surface area contributed by atoms with Crippen molar-refractivity contribution >= 4 is 27.5 Å². The summed E-state index contributed by atoms with van der Waals surface area (Å²) < 4.78 is 23.6. The molecule has 2 nitrogen and oxygen atoms in total. The number of halogens is 3. The highest BCUT2D eigenvalue weighted by atomic mass is 79.9. The van der Waals surface area contributed by atoms with Crippen molar-refractivity contribution in [1.29, 1.82) is 0 Å². The second kappa shape index (κ2) is 6.46. The summed E-state index contributed by atoms with van der Waals surface area (Å²) in [6, 6.07) is 9.92. The molecule has 0 fully saturated rings. The summed E-state index contributed by atoms with van der Waals surface area (Å²) in [5, 5.41) is 0.377. The van der Waals surface area contributed by atoms with Gasteiger partial charge in [-0.15, -0.1) is 0 Å². The first-order valence-corrected chi connectivity index (χ1v) is 7.17. The van der Waals surface area contributed by atoms with Gasteiger partial charge >= 0.3 is 0 Å². The number of rotatable bonds is 4. The van der Waals surface area contributed by atoms with E-state index < -0.39 is 0 Å². The van der Waals surface area contributed by atoms with Crippen molar-refractivity contribution in [3.8, 4) is 11.5 Å². The Morgan fingerprint density at radius 3 is 2.35 bits per heavy atom. The SMILES string of the molecule is COc1ccc(C(Br)c2ccc(F)cc2Cl)cc1OC. The van der Waals surface area contributed by atoms with Crippen LogP contribution in [0.5, 0.6) is 11.5 Å². The van der Waals surface area contributed by atoms with Crippen molar-refractivity contribution in [3.63, 3.8) is 0 Å². The van der Waals surface area contributed by atoms with E-state index in [-0.39, 0.29) is 10.6 Å². The van der Waals surface area contributed by atoms with E-state index in [0.717, 1.165) is 11.1 Å². The quantitative estimate of drug-likeness (QED) is 0.717. The summed E-state index contributed by atoms with van der Waals surface area (Å²) in [6.07, 6.45) is 0. The number of alkyl halides is 1. The molecule has 0 aliphatic rings. The lowest BCUT2D eigenvalue weighted by molar-refractivity contribution is 0.354. The van der Waals surface area contributed by atoms with Gasteiger partial charge in [0.15, 0.2) is 11.5 Å². The molecule has 0 aromatic heterocycles. The maximum absolute atomic E-state index is 13.1. The minimum atomic E-state index is -0.356. The van der Waals surface area contributed by atoms with Gasteiger partial charge in [0.1, 0.15) is 5.82 Å². The number of benzene rings is 2. The Balaban J connectivity index is 2.40. The molecule has 0 radical (unpaired) electrons. The van der Waals surface area contributed by atoms with Crippen LogP contribution in [0, 0.1) is 5.82 Å². The van der Waals surface area contributed by atoms with E-state index in [2.05, 4.69) is 15.9 Å². The van der Waals surface area contributed by atoms with E-state index in [1.807, 2.05) is 18.2 Å². The van der Waals surface area contributed by atoms with Crippen LogP contribution in [0.3, 0.4) is 0 Å². The Labute approximate surface area is 130 Å². The van der Waals surface area contributed by atoms with Crippen LogP contribution in [0.25, 0.3) is 0 Å². The molecule has 0 saturated heterocycles. The Bertz CT molecular complexity index is 619. The molecule has 0 N–H and O–H groups in total. The molecule has 0 saturated carbocycles. The highest BCUT2D eigenvalue weighted by molar-refractivity contribution is 9.09. The van der Waals surface area contributed by atoms with Crippen LogP contribution in [0.4, 0.5) is 4.39 Å². The molecule has 0 aliphatic heterocycles. The zero-order valence-corrected chi connectivity index (χ0v) is 13.3. The van der Waals surface area contributed by atoms with Gasteiger partial charge < -0.3 is 9.47 Å². The molecule has 5 heteroatoms. The van der Waals surface area contributed by atoms with Crippen LogP contribution in [0.2, 0.25) is 5.02 Å². The van der Waals surface area contributed by atoms with Gasteiger partial charge in [-0.2, -0.15) is 0 Å². The molecule has 1 atom stereocenters. The fraction of sp³-hybridized carbons (Fsp3) is 0.200. The minimum Gasteiger partial charge on any atom is -0.493 e. The first-order chi connectivity index (χ1) is 9.56. The van der Waals surface area contributed by atoms with Gasteiger partial charge in [-0.1, -0.05) is 39.7 Å². The van der Waals surface area contributed by atoms with Gasteiger partial charge in [-0.05, 0) is 35.4 Å². The fourth-order valence-corrected chi connectivity index (χ4v) is 2.99. The average molecular weight is 360 g/mol. The summed E-state index contributed by atoms with van der Waals surface area (Å²) in [6.45, 7) is 0. The second-order valence-electron chi connectivity index (χ2n) is 4.14. The molecule has 0 spiro atoms. The van der Waals surface area contributed by atoms with E-state index in [0.29, 0.717) is 16.5 Å². The Hall–Kier alpha value is -1.26. The first kappa shape index (κ1) is 15.1. The van der Waals surface area contributed by atoms with Crippen molar-refractivity contribution < 1.29 is 13.9 Å². The third kappa shape index (κ3) is 3.07. The molecule has 2 rings (SSSR count). The van der Waals surface area contributed by atoms with Crippen LogP contribution in [0.1, 0.15) is 16.0 Å². The number of ether oxygens (including phenoxy) is 2. The molecule has 1 unspecified atom stereocenters. The normalized spacial score (nSPS) is 12.1. The largest absolute Gasteiger partial charge is 0.493 e. The third-order valence-corrected chi connectivity index (χ3v) is 4.29. The molecular weight excluding hydrogens is 347 g/mol. The predicted octanol–water partition coefficient (Wildman–Crippen LogP) is 4.98.